The largest absolute Gasteiger partial charge is 0.419 e. The standard InChI is InChI=1S/C3H3O.Cr.2Ni/c1-2-3-4;;;/h2H,1H2;;;/q-1;;;. The van der Waals surface area contributed by atoms with Crippen molar-refractivity contribution in [3.05, 3.63) is 12.7 Å². The monoisotopic (exact) mass is 223 g/mol. The van der Waals surface area contributed by atoms with Gasteiger partial charge in [0.15, 0.2) is 0 Å². The fourth-order valence-corrected chi connectivity index (χ4v) is 0. The minimum absolute atomic E-state index is 0. The molecule has 0 aliphatic rings. The second-order valence-electron chi connectivity index (χ2n) is 0.322. The molecule has 0 amide bonds. The van der Waals surface area contributed by atoms with Gasteiger partial charge in [-0.05, 0) is 6.29 Å². The summed E-state index contributed by atoms with van der Waals surface area (Å²) in [7, 11) is 0. The van der Waals surface area contributed by atoms with Crippen molar-refractivity contribution in [2.24, 2.45) is 0 Å². The number of rotatable bonds is 1. The number of allylic oxidation sites excluding steroid dienone is 1. The summed E-state index contributed by atoms with van der Waals surface area (Å²) in [6.45, 7) is 3.06. The summed E-state index contributed by atoms with van der Waals surface area (Å²) in [5, 5.41) is 0. The van der Waals surface area contributed by atoms with Crippen LogP contribution in [0.5, 0.6) is 0 Å². The SMILES string of the molecule is C=C[C-]=O.[Cr].[Ni].[Ni]. The zero-order valence-corrected chi connectivity index (χ0v) is 6.48. The zero-order chi connectivity index (χ0) is 3.41. The topological polar surface area (TPSA) is 17.1 Å². The third-order valence-electron chi connectivity index (χ3n) is 0.0833. The Bertz CT molecular complexity index is 33.9. The van der Waals surface area contributed by atoms with Crippen molar-refractivity contribution in [3.8, 4) is 0 Å². The third-order valence-corrected chi connectivity index (χ3v) is 0.0833. The predicted molar refractivity (Wildman–Crippen MR) is 15.9 cm³/mol. The molecule has 0 aliphatic carbocycles. The number of hydrogen-bond donors (Lipinski definition) is 0. The van der Waals surface area contributed by atoms with Gasteiger partial charge in [0.05, 0.1) is 0 Å². The normalized spacial score (nSPS) is 2.86. The van der Waals surface area contributed by atoms with Gasteiger partial charge in [-0.2, -0.15) is 0 Å². The molecular weight excluding hydrogens is 221 g/mol. The zero-order valence-electron chi connectivity index (χ0n) is 3.23. The predicted octanol–water partition coefficient (Wildman–Crippen LogP) is 0.275. The van der Waals surface area contributed by atoms with Gasteiger partial charge >= 0.3 is 0 Å². The van der Waals surface area contributed by atoms with Crippen LogP contribution in [0.4, 0.5) is 0 Å². The van der Waals surface area contributed by atoms with E-state index in [1.165, 1.54) is 6.29 Å². The van der Waals surface area contributed by atoms with E-state index in [2.05, 4.69) is 6.58 Å². The first kappa shape index (κ1) is 24.7. The van der Waals surface area contributed by atoms with Gasteiger partial charge in [-0.15, -0.1) is 0 Å². The Kier molecular flexibility index (Phi) is 100. The second kappa shape index (κ2) is 28.4. The summed E-state index contributed by atoms with van der Waals surface area (Å²) in [4.78, 5) is 8.93. The molecule has 0 N–H and O–H groups in total. The van der Waals surface area contributed by atoms with E-state index < -0.39 is 0 Å². The molecule has 0 saturated carbocycles. The van der Waals surface area contributed by atoms with Crippen LogP contribution in [0.1, 0.15) is 0 Å². The first-order valence-electron chi connectivity index (χ1n) is 0.901. The van der Waals surface area contributed by atoms with Crippen molar-refractivity contribution in [1.29, 1.82) is 0 Å². The minimum atomic E-state index is 0. The fourth-order valence-electron chi connectivity index (χ4n) is 0. The maximum Gasteiger partial charge on any atom is 0 e. The molecule has 0 spiro atoms. The molecule has 0 saturated heterocycles. The van der Waals surface area contributed by atoms with E-state index in [1.54, 1.807) is 0 Å². The van der Waals surface area contributed by atoms with Crippen LogP contribution < -0.4 is 0 Å². The summed E-state index contributed by atoms with van der Waals surface area (Å²) in [5.74, 6) is 0. The molecule has 0 bridgehead atoms. The van der Waals surface area contributed by atoms with Crippen molar-refractivity contribution in [1.82, 2.24) is 0 Å². The van der Waals surface area contributed by atoms with Crippen LogP contribution in [0.2, 0.25) is 0 Å². The molecule has 48 valence electrons. The molecule has 0 heterocycles. The van der Waals surface area contributed by atoms with Gasteiger partial charge in [-0.1, -0.05) is 0 Å². The summed E-state index contributed by atoms with van der Waals surface area (Å²) < 4.78 is 0. The Morgan fingerprint density at radius 2 is 1.57 bits per heavy atom. The van der Waals surface area contributed by atoms with E-state index in [1.807, 2.05) is 0 Å². The Hall–Kier alpha value is 0.929. The van der Waals surface area contributed by atoms with Crippen molar-refractivity contribution >= 4 is 6.29 Å². The van der Waals surface area contributed by atoms with E-state index in [4.69, 9.17) is 4.79 Å². The van der Waals surface area contributed by atoms with Gasteiger partial charge in [0.2, 0.25) is 0 Å². The molecule has 0 aromatic heterocycles. The smallest absolute Gasteiger partial charge is 0 e. The van der Waals surface area contributed by atoms with Crippen LogP contribution in [0.3, 0.4) is 0 Å². The van der Waals surface area contributed by atoms with E-state index in [9.17, 15) is 0 Å². The molecule has 0 aliphatic heterocycles. The van der Waals surface area contributed by atoms with E-state index in [0.29, 0.717) is 0 Å². The maximum atomic E-state index is 8.93. The van der Waals surface area contributed by atoms with Crippen LogP contribution in [0.25, 0.3) is 0 Å². The van der Waals surface area contributed by atoms with Gasteiger partial charge in [0.25, 0.3) is 0 Å². The van der Waals surface area contributed by atoms with E-state index in [-0.39, 0.29) is 50.3 Å². The van der Waals surface area contributed by atoms with Crippen LogP contribution in [0.15, 0.2) is 12.7 Å². The quantitative estimate of drug-likeness (QED) is 0.355. The molecule has 0 unspecified atom stereocenters. The Morgan fingerprint density at radius 3 is 1.57 bits per heavy atom. The summed E-state index contributed by atoms with van der Waals surface area (Å²) in [6.07, 6.45) is 2.51. The molecular formula is C3H3CrNi2O-. The Balaban J connectivity index is -0.0000000150. The van der Waals surface area contributed by atoms with E-state index >= 15 is 0 Å². The molecule has 0 rings (SSSR count). The average molecular weight is 224 g/mol. The van der Waals surface area contributed by atoms with Gasteiger partial charge in [-0.25, -0.2) is 12.7 Å². The molecule has 7 heavy (non-hydrogen) atoms. The molecule has 1 nitrogen and oxygen atoms in total. The summed E-state index contributed by atoms with van der Waals surface area (Å²) in [6, 6.07) is 0. The van der Waals surface area contributed by atoms with Crippen molar-refractivity contribution in [3.63, 3.8) is 0 Å². The van der Waals surface area contributed by atoms with Gasteiger partial charge in [0, 0.05) is 50.3 Å². The Labute approximate surface area is 73.9 Å². The van der Waals surface area contributed by atoms with Crippen molar-refractivity contribution in [2.45, 2.75) is 0 Å². The van der Waals surface area contributed by atoms with Gasteiger partial charge < -0.3 is 4.79 Å². The summed E-state index contributed by atoms with van der Waals surface area (Å²) in [5.41, 5.74) is 0. The van der Waals surface area contributed by atoms with E-state index in [0.717, 1.165) is 6.08 Å². The first-order valence-corrected chi connectivity index (χ1v) is 0.901. The second-order valence-corrected chi connectivity index (χ2v) is 0.322. The average Bonchev–Trinajstić information content (AvgIpc) is 1.37. The minimum Gasteiger partial charge on any atom is -0.419 e. The van der Waals surface area contributed by atoms with Gasteiger partial charge in [0.1, 0.15) is 0 Å². The first-order chi connectivity index (χ1) is 1.91. The van der Waals surface area contributed by atoms with Crippen LogP contribution in [-0.2, 0) is 55.1 Å². The van der Waals surface area contributed by atoms with Gasteiger partial charge in [-0.3, -0.25) is 0 Å². The molecule has 0 radical (unpaired) electrons. The van der Waals surface area contributed by atoms with Crippen molar-refractivity contribution in [2.75, 3.05) is 0 Å². The third kappa shape index (κ3) is 45.2. The van der Waals surface area contributed by atoms with Crippen molar-refractivity contribution < 1.29 is 55.1 Å². The molecule has 0 fully saturated rings. The van der Waals surface area contributed by atoms with Crippen LogP contribution >= 0.6 is 0 Å². The fraction of sp³-hybridized carbons (Fsp3) is 0. The van der Waals surface area contributed by atoms with Crippen LogP contribution in [-0.4, -0.2) is 6.29 Å². The molecule has 0 aromatic carbocycles. The maximum absolute atomic E-state index is 8.93. The summed E-state index contributed by atoms with van der Waals surface area (Å²) >= 11 is 0. The number of hydrogen-bond acceptors (Lipinski definition) is 1. The molecule has 4 heteroatoms. The number of carbonyl (C=O) groups excluding carboxylic acids is 1. The Morgan fingerprint density at radius 1 is 1.43 bits per heavy atom. The van der Waals surface area contributed by atoms with Crippen LogP contribution in [0, 0.1) is 0 Å². The molecule has 0 aromatic rings. The molecule has 0 atom stereocenters.